The zero-order valence-electron chi connectivity index (χ0n) is 15.6. The van der Waals surface area contributed by atoms with E-state index in [1.54, 1.807) is 12.4 Å². The second-order valence-electron chi connectivity index (χ2n) is 7.67. The first-order valence-electron chi connectivity index (χ1n) is 9.54. The molecule has 2 aromatic heterocycles. The largest absolute Gasteiger partial charge is 0.305 e. The van der Waals surface area contributed by atoms with Crippen molar-refractivity contribution in [2.75, 3.05) is 11.4 Å². The molecule has 1 atom stereocenters. The van der Waals surface area contributed by atoms with Gasteiger partial charge in [0.2, 0.25) is 0 Å². The molecule has 136 valence electrons. The fraction of sp³-hybridized carbons (Fsp3) is 0.318. The fourth-order valence-electron chi connectivity index (χ4n) is 3.95. The number of aromatic nitrogens is 3. The van der Waals surface area contributed by atoms with Gasteiger partial charge in [0.05, 0.1) is 12.2 Å². The molecule has 0 saturated heterocycles. The van der Waals surface area contributed by atoms with E-state index in [-0.39, 0.29) is 11.9 Å². The van der Waals surface area contributed by atoms with E-state index in [9.17, 15) is 4.79 Å². The van der Waals surface area contributed by atoms with Gasteiger partial charge in [0.25, 0.3) is 5.91 Å². The van der Waals surface area contributed by atoms with Crippen molar-refractivity contribution in [3.63, 3.8) is 0 Å². The van der Waals surface area contributed by atoms with Crippen molar-refractivity contribution < 1.29 is 4.79 Å². The third-order valence-corrected chi connectivity index (χ3v) is 5.57. The predicted molar refractivity (Wildman–Crippen MR) is 105 cm³/mol. The molecule has 5 nitrogen and oxygen atoms in total. The molecular weight excluding hydrogens is 336 g/mol. The Hall–Kier alpha value is -2.95. The molecular formula is C22H22N4O. The van der Waals surface area contributed by atoms with E-state index in [1.807, 2.05) is 28.6 Å². The van der Waals surface area contributed by atoms with Gasteiger partial charge in [-0.2, -0.15) is 5.10 Å². The van der Waals surface area contributed by atoms with Crippen LogP contribution in [0.5, 0.6) is 0 Å². The van der Waals surface area contributed by atoms with E-state index in [1.165, 1.54) is 18.4 Å². The van der Waals surface area contributed by atoms with E-state index in [4.69, 9.17) is 0 Å². The number of pyridine rings is 1. The molecule has 1 aliphatic carbocycles. The van der Waals surface area contributed by atoms with Gasteiger partial charge in [-0.1, -0.05) is 12.1 Å². The molecule has 1 aromatic carbocycles. The van der Waals surface area contributed by atoms with Crippen LogP contribution in [0, 0.1) is 6.92 Å². The average Bonchev–Trinajstić information content (AvgIpc) is 3.42. The topological polar surface area (TPSA) is 51.0 Å². The molecule has 5 rings (SSSR count). The summed E-state index contributed by atoms with van der Waals surface area (Å²) in [6.07, 6.45) is 6.15. The first-order valence-corrected chi connectivity index (χ1v) is 9.54. The number of amides is 1. The highest BCUT2D eigenvalue weighted by atomic mass is 16.2. The fourth-order valence-corrected chi connectivity index (χ4v) is 3.95. The molecule has 5 heteroatoms. The van der Waals surface area contributed by atoms with Crippen LogP contribution in [0.3, 0.4) is 0 Å². The van der Waals surface area contributed by atoms with Crippen LogP contribution in [-0.4, -0.2) is 27.2 Å². The van der Waals surface area contributed by atoms with Crippen molar-refractivity contribution in [1.29, 1.82) is 0 Å². The van der Waals surface area contributed by atoms with Gasteiger partial charge in [-0.05, 0) is 68.0 Å². The lowest BCUT2D eigenvalue weighted by molar-refractivity contribution is 0.0954. The minimum atomic E-state index is 0.00855. The lowest BCUT2D eigenvalue weighted by Gasteiger charge is -2.32. The highest BCUT2D eigenvalue weighted by Gasteiger charge is 2.34. The number of fused-ring (bicyclic) bond motifs is 1. The van der Waals surface area contributed by atoms with Crippen LogP contribution in [-0.2, 0) is 0 Å². The second-order valence-corrected chi connectivity index (χ2v) is 7.67. The van der Waals surface area contributed by atoms with E-state index in [2.05, 4.69) is 41.3 Å². The maximum atomic E-state index is 13.4. The van der Waals surface area contributed by atoms with Gasteiger partial charge in [0.15, 0.2) is 0 Å². The summed E-state index contributed by atoms with van der Waals surface area (Å²) >= 11 is 0. The minimum Gasteiger partial charge on any atom is -0.305 e. The number of anilines is 1. The summed E-state index contributed by atoms with van der Waals surface area (Å²) in [5, 5.41) is 4.52. The van der Waals surface area contributed by atoms with Gasteiger partial charge in [-0.25, -0.2) is 0 Å². The van der Waals surface area contributed by atoms with Crippen molar-refractivity contribution in [1.82, 2.24) is 14.8 Å². The highest BCUT2D eigenvalue weighted by molar-refractivity contribution is 6.09. The summed E-state index contributed by atoms with van der Waals surface area (Å²) < 4.78 is 1.86. The molecule has 0 radical (unpaired) electrons. The number of hydrogen-bond donors (Lipinski definition) is 0. The van der Waals surface area contributed by atoms with Gasteiger partial charge in [0, 0.05) is 29.7 Å². The maximum absolute atomic E-state index is 13.4. The van der Waals surface area contributed by atoms with Gasteiger partial charge in [-0.15, -0.1) is 0 Å². The quantitative estimate of drug-likeness (QED) is 0.699. The molecule has 3 heterocycles. The summed E-state index contributed by atoms with van der Waals surface area (Å²) in [6, 6.07) is 12.6. The van der Waals surface area contributed by atoms with Crippen LogP contribution < -0.4 is 4.90 Å². The normalized spacial score (nSPS) is 19.3. The van der Waals surface area contributed by atoms with Crippen molar-refractivity contribution in [2.45, 2.75) is 38.6 Å². The first kappa shape index (κ1) is 16.2. The third-order valence-electron chi connectivity index (χ3n) is 5.57. The number of rotatable bonds is 3. The summed E-state index contributed by atoms with van der Waals surface area (Å²) in [6.45, 7) is 4.69. The lowest BCUT2D eigenvalue weighted by Crippen LogP contribution is -2.42. The van der Waals surface area contributed by atoms with E-state index in [0.717, 1.165) is 28.4 Å². The Labute approximate surface area is 158 Å². The van der Waals surface area contributed by atoms with Crippen LogP contribution >= 0.6 is 0 Å². The van der Waals surface area contributed by atoms with Gasteiger partial charge >= 0.3 is 0 Å². The summed E-state index contributed by atoms with van der Waals surface area (Å²) in [7, 11) is 0. The molecule has 0 N–H and O–H groups in total. The SMILES string of the molecule is Cc1cc(-c2cnn3c2C(=O)N(c2ccc(C4CC4)cc2)C[C@@H]3C)ccn1. The molecule has 0 bridgehead atoms. The summed E-state index contributed by atoms with van der Waals surface area (Å²) in [5.74, 6) is 0.729. The number of hydrogen-bond acceptors (Lipinski definition) is 3. The van der Waals surface area contributed by atoms with E-state index in [0.29, 0.717) is 12.2 Å². The minimum absolute atomic E-state index is 0.00855. The Morgan fingerprint density at radius 3 is 2.59 bits per heavy atom. The highest BCUT2D eigenvalue weighted by Crippen LogP contribution is 2.41. The van der Waals surface area contributed by atoms with Crippen LogP contribution in [0.2, 0.25) is 0 Å². The summed E-state index contributed by atoms with van der Waals surface area (Å²) in [4.78, 5) is 19.5. The van der Waals surface area contributed by atoms with Crippen LogP contribution in [0.15, 0.2) is 48.8 Å². The van der Waals surface area contributed by atoms with Crippen LogP contribution in [0.4, 0.5) is 5.69 Å². The maximum Gasteiger partial charge on any atom is 0.277 e. The van der Waals surface area contributed by atoms with Gasteiger partial charge < -0.3 is 4.90 Å². The molecule has 1 fully saturated rings. The Kier molecular flexibility index (Phi) is 3.64. The molecule has 1 aliphatic heterocycles. The zero-order valence-corrected chi connectivity index (χ0v) is 15.6. The Balaban J connectivity index is 1.54. The van der Waals surface area contributed by atoms with Crippen molar-refractivity contribution in [3.8, 4) is 11.1 Å². The zero-order chi connectivity index (χ0) is 18.5. The molecule has 0 unspecified atom stereocenters. The first-order chi connectivity index (χ1) is 13.1. The summed E-state index contributed by atoms with van der Waals surface area (Å²) in [5.41, 5.74) is 5.78. The molecule has 0 spiro atoms. The average molecular weight is 358 g/mol. The number of benzene rings is 1. The van der Waals surface area contributed by atoms with E-state index < -0.39 is 0 Å². The Morgan fingerprint density at radius 1 is 1.11 bits per heavy atom. The molecule has 1 saturated carbocycles. The van der Waals surface area contributed by atoms with Gasteiger partial charge in [0.1, 0.15) is 5.69 Å². The molecule has 3 aromatic rings. The lowest BCUT2D eigenvalue weighted by atomic mass is 10.0. The van der Waals surface area contributed by atoms with Crippen molar-refractivity contribution >= 4 is 11.6 Å². The molecule has 2 aliphatic rings. The Morgan fingerprint density at radius 2 is 1.89 bits per heavy atom. The monoisotopic (exact) mass is 358 g/mol. The molecule has 1 amide bonds. The second kappa shape index (κ2) is 6.05. The number of nitrogens with zero attached hydrogens (tertiary/aromatic N) is 4. The van der Waals surface area contributed by atoms with E-state index >= 15 is 0 Å². The van der Waals surface area contributed by atoms with Crippen molar-refractivity contribution in [3.05, 3.63) is 65.7 Å². The smallest absolute Gasteiger partial charge is 0.277 e. The number of carbonyl (C=O) groups is 1. The van der Waals surface area contributed by atoms with Gasteiger partial charge in [-0.3, -0.25) is 14.5 Å². The van der Waals surface area contributed by atoms with Crippen molar-refractivity contribution in [2.24, 2.45) is 0 Å². The van der Waals surface area contributed by atoms with Crippen LogP contribution in [0.25, 0.3) is 11.1 Å². The Bertz CT molecular complexity index is 1020. The predicted octanol–water partition coefficient (Wildman–Crippen LogP) is 4.35. The standard InChI is InChI=1S/C22H22N4O/c1-14-11-18(9-10-23-14)20-12-24-26-15(2)13-25(22(27)21(20)26)19-7-5-17(6-8-19)16-3-4-16/h5-12,15-16H,3-4,13H2,1-2H3/t15-/m0/s1. The number of aryl methyl sites for hydroxylation is 1. The number of carbonyl (C=O) groups excluding carboxylic acids is 1. The van der Waals surface area contributed by atoms with Crippen LogP contribution in [0.1, 0.15) is 53.5 Å². The molecule has 27 heavy (non-hydrogen) atoms. The third kappa shape index (κ3) is 2.74.